The molecule has 34 heavy (non-hydrogen) atoms. The van der Waals surface area contributed by atoms with Crippen molar-refractivity contribution in [2.24, 2.45) is 0 Å². The Hall–Kier alpha value is -3.99. The molecule has 0 saturated carbocycles. The molecule has 4 N–H and O–H groups in total. The lowest BCUT2D eigenvalue weighted by Crippen LogP contribution is -2.25. The molecule has 0 atom stereocenters. The van der Waals surface area contributed by atoms with Crippen molar-refractivity contribution in [1.82, 2.24) is 29.5 Å². The van der Waals surface area contributed by atoms with Crippen molar-refractivity contribution in [2.75, 3.05) is 42.5 Å². The molecule has 0 spiro atoms. The summed E-state index contributed by atoms with van der Waals surface area (Å²) in [6, 6.07) is 11.4. The van der Waals surface area contributed by atoms with Crippen LogP contribution in [0.2, 0.25) is 0 Å². The monoisotopic (exact) mass is 461 g/mol. The van der Waals surface area contributed by atoms with Crippen LogP contribution in [0.15, 0.2) is 47.1 Å². The van der Waals surface area contributed by atoms with Gasteiger partial charge in [-0.3, -0.25) is 4.79 Å². The molecule has 0 aliphatic carbocycles. The van der Waals surface area contributed by atoms with E-state index in [2.05, 4.69) is 35.6 Å². The minimum atomic E-state index is 0.0510. The largest absolute Gasteiger partial charge is 0.461 e. The highest BCUT2D eigenvalue weighted by Gasteiger charge is 2.14. The van der Waals surface area contributed by atoms with E-state index < -0.39 is 0 Å². The van der Waals surface area contributed by atoms with E-state index in [1.54, 1.807) is 18.4 Å². The topological polar surface area (TPSA) is 139 Å². The lowest BCUT2D eigenvalue weighted by Gasteiger charge is -2.14. The maximum atomic E-state index is 12.2. The summed E-state index contributed by atoms with van der Waals surface area (Å²) in [5.41, 5.74) is 7.95. The summed E-state index contributed by atoms with van der Waals surface area (Å²) in [6.07, 6.45) is 5.30. The average Bonchev–Trinajstić information content (AvgIpc) is 3.60. The van der Waals surface area contributed by atoms with E-state index in [9.17, 15) is 4.79 Å². The number of nitrogens with two attached hydrogens (primary N) is 1. The van der Waals surface area contributed by atoms with Crippen LogP contribution in [-0.2, 0) is 11.2 Å². The standard InChI is InChI=1S/C23H27N9O2/c24-21-28-22(29-23-27-20(30-32(21)23)18-4-3-15-34-18)25-11-9-16-5-7-17(8-6-16)26-19(33)10-14-31-12-1-2-13-31/h3-8,15H,1-2,9-14H2,(H,26,33)(H3,24,25,27,28,29,30). The Kier molecular flexibility index (Phi) is 6.34. The number of fused-ring (bicyclic) bond motifs is 1. The van der Waals surface area contributed by atoms with Crippen LogP contribution in [-0.4, -0.2) is 61.6 Å². The zero-order chi connectivity index (χ0) is 23.3. The maximum absolute atomic E-state index is 12.2. The molecule has 11 heteroatoms. The first kappa shape index (κ1) is 21.8. The highest BCUT2D eigenvalue weighted by molar-refractivity contribution is 5.90. The van der Waals surface area contributed by atoms with Crippen molar-refractivity contribution in [3.8, 4) is 11.6 Å². The molecule has 1 fully saturated rings. The average molecular weight is 462 g/mol. The van der Waals surface area contributed by atoms with Crippen LogP contribution in [0.4, 0.5) is 17.6 Å². The predicted molar refractivity (Wildman–Crippen MR) is 128 cm³/mol. The fourth-order valence-electron chi connectivity index (χ4n) is 3.96. The number of aromatic nitrogens is 5. The van der Waals surface area contributed by atoms with Crippen molar-refractivity contribution < 1.29 is 9.21 Å². The number of nitrogens with one attached hydrogen (secondary N) is 2. The molecular weight excluding hydrogens is 434 g/mol. The van der Waals surface area contributed by atoms with E-state index in [-0.39, 0.29) is 11.9 Å². The molecule has 176 valence electrons. The number of carbonyl (C=O) groups is 1. The van der Waals surface area contributed by atoms with Gasteiger partial charge in [0.1, 0.15) is 0 Å². The Morgan fingerprint density at radius 2 is 1.91 bits per heavy atom. The van der Waals surface area contributed by atoms with Crippen LogP contribution in [0.25, 0.3) is 17.4 Å². The van der Waals surface area contributed by atoms with E-state index in [1.807, 2.05) is 24.3 Å². The third kappa shape index (κ3) is 5.15. The van der Waals surface area contributed by atoms with Gasteiger partial charge in [0.2, 0.25) is 23.6 Å². The number of carbonyl (C=O) groups excluding carboxylic acids is 1. The van der Waals surface area contributed by atoms with Crippen molar-refractivity contribution in [2.45, 2.75) is 25.7 Å². The Balaban J connectivity index is 1.12. The number of nitrogen functional groups attached to an aromatic ring is 1. The van der Waals surface area contributed by atoms with E-state index in [0.717, 1.165) is 37.3 Å². The normalized spacial score (nSPS) is 14.0. The van der Waals surface area contributed by atoms with Crippen LogP contribution in [0.5, 0.6) is 0 Å². The lowest BCUT2D eigenvalue weighted by molar-refractivity contribution is -0.116. The van der Waals surface area contributed by atoms with Gasteiger partial charge < -0.3 is 25.7 Å². The zero-order valence-corrected chi connectivity index (χ0v) is 18.8. The highest BCUT2D eigenvalue weighted by atomic mass is 16.3. The summed E-state index contributed by atoms with van der Waals surface area (Å²) in [5.74, 6) is 1.88. The number of benzene rings is 1. The quantitative estimate of drug-likeness (QED) is 0.343. The van der Waals surface area contributed by atoms with Gasteiger partial charge in [-0.1, -0.05) is 12.1 Å². The Bertz CT molecular complexity index is 1250. The smallest absolute Gasteiger partial charge is 0.259 e. The SMILES string of the molecule is Nc1nc(NCCc2ccc(NC(=O)CCN3CCCC3)cc2)nc2nc(-c3ccco3)nn12. The van der Waals surface area contributed by atoms with E-state index in [1.165, 1.54) is 17.4 Å². The van der Waals surface area contributed by atoms with Gasteiger partial charge in [0, 0.05) is 25.2 Å². The summed E-state index contributed by atoms with van der Waals surface area (Å²) >= 11 is 0. The highest BCUT2D eigenvalue weighted by Crippen LogP contribution is 2.18. The molecule has 1 saturated heterocycles. The molecule has 4 aromatic rings. The van der Waals surface area contributed by atoms with Crippen molar-refractivity contribution >= 4 is 29.3 Å². The van der Waals surface area contributed by atoms with Gasteiger partial charge in [-0.15, -0.1) is 5.10 Å². The summed E-state index contributed by atoms with van der Waals surface area (Å²) in [5, 5.41) is 10.4. The minimum absolute atomic E-state index is 0.0510. The van der Waals surface area contributed by atoms with E-state index in [4.69, 9.17) is 10.2 Å². The van der Waals surface area contributed by atoms with Gasteiger partial charge in [0.05, 0.1) is 6.26 Å². The number of rotatable bonds is 9. The first-order valence-electron chi connectivity index (χ1n) is 11.4. The van der Waals surface area contributed by atoms with Crippen LogP contribution in [0, 0.1) is 0 Å². The van der Waals surface area contributed by atoms with Crippen molar-refractivity contribution in [3.63, 3.8) is 0 Å². The molecule has 11 nitrogen and oxygen atoms in total. The van der Waals surface area contributed by atoms with E-state index >= 15 is 0 Å². The third-order valence-corrected chi connectivity index (χ3v) is 5.76. The summed E-state index contributed by atoms with van der Waals surface area (Å²) in [4.78, 5) is 27.5. The second kappa shape index (κ2) is 9.87. The lowest BCUT2D eigenvalue weighted by atomic mass is 10.1. The van der Waals surface area contributed by atoms with Gasteiger partial charge in [0.15, 0.2) is 5.76 Å². The Morgan fingerprint density at radius 1 is 1.09 bits per heavy atom. The number of furan rings is 1. The molecule has 5 rings (SSSR count). The maximum Gasteiger partial charge on any atom is 0.259 e. The Morgan fingerprint density at radius 3 is 2.68 bits per heavy atom. The fourth-order valence-corrected chi connectivity index (χ4v) is 3.96. The molecule has 1 amide bonds. The minimum Gasteiger partial charge on any atom is -0.461 e. The van der Waals surface area contributed by atoms with E-state index in [0.29, 0.717) is 36.3 Å². The number of nitrogens with zero attached hydrogens (tertiary/aromatic N) is 6. The summed E-state index contributed by atoms with van der Waals surface area (Å²) in [6.45, 7) is 3.64. The number of amides is 1. The van der Waals surface area contributed by atoms with Gasteiger partial charge in [-0.05, 0) is 62.2 Å². The molecule has 0 bridgehead atoms. The molecule has 1 aliphatic rings. The first-order chi connectivity index (χ1) is 16.6. The molecule has 3 aromatic heterocycles. The number of hydrogen-bond acceptors (Lipinski definition) is 9. The fraction of sp³-hybridized carbons (Fsp3) is 0.348. The van der Waals surface area contributed by atoms with Crippen LogP contribution in [0.1, 0.15) is 24.8 Å². The van der Waals surface area contributed by atoms with Gasteiger partial charge in [-0.25, -0.2) is 0 Å². The number of likely N-dealkylation sites (tertiary alicyclic amines) is 1. The predicted octanol–water partition coefficient (Wildman–Crippen LogP) is 2.44. The van der Waals surface area contributed by atoms with Crippen molar-refractivity contribution in [1.29, 1.82) is 0 Å². The van der Waals surface area contributed by atoms with Crippen LogP contribution >= 0.6 is 0 Å². The number of hydrogen-bond donors (Lipinski definition) is 3. The number of anilines is 3. The second-order valence-electron chi connectivity index (χ2n) is 8.25. The summed E-state index contributed by atoms with van der Waals surface area (Å²) < 4.78 is 6.70. The zero-order valence-electron chi connectivity index (χ0n) is 18.8. The van der Waals surface area contributed by atoms with Crippen LogP contribution in [0.3, 0.4) is 0 Å². The summed E-state index contributed by atoms with van der Waals surface area (Å²) in [7, 11) is 0. The first-order valence-corrected chi connectivity index (χ1v) is 11.4. The third-order valence-electron chi connectivity index (χ3n) is 5.76. The molecular formula is C23H27N9O2. The molecule has 0 radical (unpaired) electrons. The van der Waals surface area contributed by atoms with Gasteiger partial charge in [0.25, 0.3) is 5.78 Å². The molecule has 1 aliphatic heterocycles. The van der Waals surface area contributed by atoms with Crippen LogP contribution < -0.4 is 16.4 Å². The Labute approximate surface area is 196 Å². The molecule has 1 aromatic carbocycles. The van der Waals surface area contributed by atoms with Gasteiger partial charge >= 0.3 is 0 Å². The molecule has 4 heterocycles. The molecule has 0 unspecified atom stereocenters. The van der Waals surface area contributed by atoms with Gasteiger partial charge in [-0.2, -0.15) is 19.5 Å². The second-order valence-corrected chi connectivity index (χ2v) is 8.25. The van der Waals surface area contributed by atoms with Crippen molar-refractivity contribution in [3.05, 3.63) is 48.2 Å².